The molecule has 174 valence electrons. The van der Waals surface area contributed by atoms with Crippen LogP contribution in [0.2, 0.25) is 5.02 Å². The average molecular weight is 482 g/mol. The quantitative estimate of drug-likeness (QED) is 0.560. The van der Waals surface area contributed by atoms with Gasteiger partial charge in [0.25, 0.3) is 5.91 Å². The summed E-state index contributed by atoms with van der Waals surface area (Å²) in [5.74, 6) is -0.351. The summed E-state index contributed by atoms with van der Waals surface area (Å²) in [4.78, 5) is 26.9. The van der Waals surface area contributed by atoms with E-state index in [2.05, 4.69) is 5.32 Å². The van der Waals surface area contributed by atoms with Crippen molar-refractivity contribution in [3.63, 3.8) is 0 Å². The number of halogens is 1. The number of sulfonamides is 1. The third-order valence-electron chi connectivity index (χ3n) is 4.87. The Kier molecular flexibility index (Phi) is 9.06. The van der Waals surface area contributed by atoms with Crippen LogP contribution in [0.4, 0.5) is 5.69 Å². The highest BCUT2D eigenvalue weighted by molar-refractivity contribution is 7.89. The zero-order valence-electron chi connectivity index (χ0n) is 18.6. The van der Waals surface area contributed by atoms with Crippen molar-refractivity contribution >= 4 is 39.1 Å². The van der Waals surface area contributed by atoms with Gasteiger partial charge in [-0.25, -0.2) is 8.42 Å². The SMILES string of the molecule is CCN(CC(=O)Nc1cccc(OC)c1)C(=O)c1cc(S(=O)(=O)N(CC)CC)ccc1Cl. The van der Waals surface area contributed by atoms with Gasteiger partial charge < -0.3 is 15.0 Å². The van der Waals surface area contributed by atoms with Crippen LogP contribution in [0.1, 0.15) is 31.1 Å². The minimum Gasteiger partial charge on any atom is -0.497 e. The Labute approximate surface area is 194 Å². The van der Waals surface area contributed by atoms with Gasteiger partial charge in [-0.3, -0.25) is 9.59 Å². The van der Waals surface area contributed by atoms with E-state index in [0.29, 0.717) is 24.5 Å². The number of nitrogens with zero attached hydrogens (tertiary/aromatic N) is 2. The molecule has 0 atom stereocenters. The molecule has 0 saturated heterocycles. The van der Waals surface area contributed by atoms with Gasteiger partial charge in [0.05, 0.1) is 22.6 Å². The van der Waals surface area contributed by atoms with Gasteiger partial charge >= 0.3 is 0 Å². The number of rotatable bonds is 10. The number of carbonyl (C=O) groups is 2. The van der Waals surface area contributed by atoms with Gasteiger partial charge in [0, 0.05) is 31.4 Å². The second-order valence-corrected chi connectivity index (χ2v) is 9.18. The summed E-state index contributed by atoms with van der Waals surface area (Å²) in [5.41, 5.74) is 0.555. The normalized spacial score (nSPS) is 11.3. The largest absolute Gasteiger partial charge is 0.497 e. The molecule has 32 heavy (non-hydrogen) atoms. The lowest BCUT2D eigenvalue weighted by atomic mass is 10.2. The Morgan fingerprint density at radius 3 is 2.31 bits per heavy atom. The number of hydrogen-bond acceptors (Lipinski definition) is 5. The second-order valence-electron chi connectivity index (χ2n) is 6.83. The third-order valence-corrected chi connectivity index (χ3v) is 7.24. The van der Waals surface area contributed by atoms with Gasteiger partial charge in [-0.2, -0.15) is 4.31 Å². The van der Waals surface area contributed by atoms with Gasteiger partial charge in [0.15, 0.2) is 0 Å². The standard InChI is InChI=1S/C22H28ClN3O5S/c1-5-25(15-21(27)24-16-9-8-10-17(13-16)31-4)22(28)19-14-18(11-12-20(19)23)32(29,30)26(6-2)7-3/h8-14H,5-7,15H2,1-4H3,(H,24,27). The first-order valence-corrected chi connectivity index (χ1v) is 12.0. The maximum atomic E-state index is 13.1. The summed E-state index contributed by atoms with van der Waals surface area (Å²) in [6, 6.07) is 10.9. The number of carbonyl (C=O) groups excluding carboxylic acids is 2. The van der Waals surface area contributed by atoms with Crippen LogP contribution in [0.5, 0.6) is 5.75 Å². The molecule has 1 N–H and O–H groups in total. The van der Waals surface area contributed by atoms with Crippen LogP contribution in [0.25, 0.3) is 0 Å². The summed E-state index contributed by atoms with van der Waals surface area (Å²) >= 11 is 6.22. The predicted molar refractivity (Wildman–Crippen MR) is 125 cm³/mol. The van der Waals surface area contributed by atoms with Gasteiger partial charge in [-0.15, -0.1) is 0 Å². The molecule has 0 spiro atoms. The molecular weight excluding hydrogens is 454 g/mol. The van der Waals surface area contributed by atoms with E-state index in [4.69, 9.17) is 16.3 Å². The summed E-state index contributed by atoms with van der Waals surface area (Å²) in [6.07, 6.45) is 0. The van der Waals surface area contributed by atoms with Gasteiger partial charge in [0.2, 0.25) is 15.9 Å². The Morgan fingerprint density at radius 1 is 1.03 bits per heavy atom. The van der Waals surface area contributed by atoms with Crippen LogP contribution < -0.4 is 10.1 Å². The number of amides is 2. The van der Waals surface area contributed by atoms with E-state index in [1.54, 1.807) is 45.0 Å². The lowest BCUT2D eigenvalue weighted by molar-refractivity contribution is -0.116. The first-order chi connectivity index (χ1) is 15.2. The molecule has 0 aliphatic rings. The molecule has 10 heteroatoms. The van der Waals surface area contributed by atoms with Crippen LogP contribution in [0, 0.1) is 0 Å². The molecule has 8 nitrogen and oxygen atoms in total. The van der Waals surface area contributed by atoms with Crippen LogP contribution in [0.15, 0.2) is 47.4 Å². The van der Waals surface area contributed by atoms with Gasteiger partial charge in [0.1, 0.15) is 12.3 Å². The topological polar surface area (TPSA) is 96.0 Å². The van der Waals surface area contributed by atoms with E-state index < -0.39 is 21.8 Å². The van der Waals surface area contributed by atoms with E-state index in [0.717, 1.165) is 0 Å². The zero-order valence-corrected chi connectivity index (χ0v) is 20.2. The van der Waals surface area contributed by atoms with E-state index in [1.165, 1.54) is 34.5 Å². The first kappa shape index (κ1) is 25.6. The molecule has 0 unspecified atom stereocenters. The highest BCUT2D eigenvalue weighted by Crippen LogP contribution is 2.24. The molecule has 2 amide bonds. The van der Waals surface area contributed by atoms with E-state index in [1.807, 2.05) is 0 Å². The van der Waals surface area contributed by atoms with Crippen molar-refractivity contribution in [2.24, 2.45) is 0 Å². The number of benzene rings is 2. The van der Waals surface area contributed by atoms with Crippen LogP contribution >= 0.6 is 11.6 Å². The fourth-order valence-corrected chi connectivity index (χ4v) is 4.80. The van der Waals surface area contributed by atoms with Crippen molar-refractivity contribution < 1.29 is 22.7 Å². The maximum Gasteiger partial charge on any atom is 0.255 e. The second kappa shape index (κ2) is 11.3. The molecule has 0 bridgehead atoms. The molecule has 0 radical (unpaired) electrons. The smallest absolute Gasteiger partial charge is 0.255 e. The summed E-state index contributed by atoms with van der Waals surface area (Å²) in [6.45, 7) is 5.81. The maximum absolute atomic E-state index is 13.1. The Bertz CT molecular complexity index is 1070. The number of ether oxygens (including phenoxy) is 1. The average Bonchev–Trinajstić information content (AvgIpc) is 2.77. The lowest BCUT2D eigenvalue weighted by Gasteiger charge is -2.22. The molecule has 0 aliphatic carbocycles. The fraction of sp³-hybridized carbons (Fsp3) is 0.364. The van der Waals surface area contributed by atoms with Crippen LogP contribution in [-0.4, -0.2) is 62.7 Å². The zero-order chi connectivity index (χ0) is 23.9. The van der Waals surface area contributed by atoms with Crippen molar-refractivity contribution in [1.82, 2.24) is 9.21 Å². The molecule has 0 saturated carbocycles. The highest BCUT2D eigenvalue weighted by atomic mass is 35.5. The number of nitrogens with one attached hydrogen (secondary N) is 1. The number of methoxy groups -OCH3 is 1. The monoisotopic (exact) mass is 481 g/mol. The molecule has 0 aromatic heterocycles. The predicted octanol–water partition coefficient (Wildman–Crippen LogP) is 3.48. The van der Waals surface area contributed by atoms with Crippen LogP contribution in [0.3, 0.4) is 0 Å². The molecular formula is C22H28ClN3O5S. The van der Waals surface area contributed by atoms with E-state index in [9.17, 15) is 18.0 Å². The summed E-state index contributed by atoms with van der Waals surface area (Å²) in [5, 5.41) is 2.83. The Morgan fingerprint density at radius 2 is 1.72 bits per heavy atom. The number of anilines is 1. The van der Waals surface area contributed by atoms with Crippen molar-refractivity contribution in [2.45, 2.75) is 25.7 Å². The van der Waals surface area contributed by atoms with E-state index >= 15 is 0 Å². The molecule has 2 aromatic rings. The Hall–Kier alpha value is -2.62. The lowest BCUT2D eigenvalue weighted by Crippen LogP contribution is -2.38. The third kappa shape index (κ3) is 5.99. The van der Waals surface area contributed by atoms with E-state index in [-0.39, 0.29) is 28.6 Å². The number of hydrogen-bond donors (Lipinski definition) is 1. The highest BCUT2D eigenvalue weighted by Gasteiger charge is 2.26. The molecule has 2 aromatic carbocycles. The number of likely N-dealkylation sites (N-methyl/N-ethyl adjacent to an activating group) is 1. The van der Waals surface area contributed by atoms with Crippen molar-refractivity contribution in [3.05, 3.63) is 53.1 Å². The molecule has 0 fully saturated rings. The first-order valence-electron chi connectivity index (χ1n) is 10.2. The van der Waals surface area contributed by atoms with Crippen molar-refractivity contribution in [1.29, 1.82) is 0 Å². The molecule has 2 rings (SSSR count). The van der Waals surface area contributed by atoms with Crippen LogP contribution in [-0.2, 0) is 14.8 Å². The van der Waals surface area contributed by atoms with Gasteiger partial charge in [-0.05, 0) is 37.3 Å². The Balaban J connectivity index is 2.24. The summed E-state index contributed by atoms with van der Waals surface area (Å²) < 4.78 is 32.1. The van der Waals surface area contributed by atoms with Gasteiger partial charge in [-0.1, -0.05) is 31.5 Å². The summed E-state index contributed by atoms with van der Waals surface area (Å²) in [7, 11) is -2.24. The molecule has 0 aliphatic heterocycles. The minimum absolute atomic E-state index is 0.0224. The van der Waals surface area contributed by atoms with Crippen molar-refractivity contribution in [2.75, 3.05) is 38.6 Å². The van der Waals surface area contributed by atoms with Crippen molar-refractivity contribution in [3.8, 4) is 5.75 Å². The minimum atomic E-state index is -3.76. The fourth-order valence-electron chi connectivity index (χ4n) is 3.11. The molecule has 0 heterocycles.